The van der Waals surface area contributed by atoms with Crippen LogP contribution in [0, 0.1) is 6.92 Å². The van der Waals surface area contributed by atoms with Gasteiger partial charge in [-0.3, -0.25) is 9.98 Å². The van der Waals surface area contributed by atoms with E-state index in [0.717, 1.165) is 29.7 Å². The lowest BCUT2D eigenvalue weighted by atomic mass is 9.89. The van der Waals surface area contributed by atoms with Crippen molar-refractivity contribution in [3.63, 3.8) is 0 Å². The second-order valence-electron chi connectivity index (χ2n) is 5.81. The molecule has 1 aromatic heterocycles. The summed E-state index contributed by atoms with van der Waals surface area (Å²) < 4.78 is 0. The molecule has 1 saturated carbocycles. The average molecular weight is 295 g/mol. The highest BCUT2D eigenvalue weighted by Crippen LogP contribution is 2.28. The van der Waals surface area contributed by atoms with Gasteiger partial charge in [-0.1, -0.05) is 12.1 Å². The monoisotopic (exact) mass is 295 g/mol. The Bertz CT molecular complexity index is 682. The standard InChI is InChI=1S/C18H21N3O/c1-12-3-4-14(11-18(12)22)13(2)20-16-5-6-17(16)21-15-7-9-19-10-8-15/h3-4,7-11,13,17,22H,5-6H2,1-2H3,(H,19,21). The number of aliphatic imine (C=N–C) groups is 1. The maximum absolute atomic E-state index is 9.83. The molecular formula is C18H21N3O. The highest BCUT2D eigenvalue weighted by atomic mass is 16.3. The number of pyridine rings is 1. The molecule has 1 aliphatic rings. The Labute approximate surface area is 130 Å². The third-order valence-electron chi connectivity index (χ3n) is 4.19. The maximum atomic E-state index is 9.83. The van der Waals surface area contributed by atoms with Crippen molar-refractivity contribution in [3.8, 4) is 5.75 Å². The predicted molar refractivity (Wildman–Crippen MR) is 89.6 cm³/mol. The second kappa shape index (κ2) is 6.18. The van der Waals surface area contributed by atoms with Crippen LogP contribution in [0.3, 0.4) is 0 Å². The van der Waals surface area contributed by atoms with Crippen molar-refractivity contribution in [2.45, 2.75) is 38.8 Å². The Kier molecular flexibility index (Phi) is 4.09. The van der Waals surface area contributed by atoms with Crippen molar-refractivity contribution in [2.75, 3.05) is 5.32 Å². The minimum Gasteiger partial charge on any atom is -0.508 e. The van der Waals surface area contributed by atoms with Crippen LogP contribution in [0.1, 0.15) is 36.9 Å². The van der Waals surface area contributed by atoms with Gasteiger partial charge in [0.2, 0.25) is 0 Å². The first-order valence-corrected chi connectivity index (χ1v) is 7.66. The average Bonchev–Trinajstić information content (AvgIpc) is 2.52. The van der Waals surface area contributed by atoms with Gasteiger partial charge in [0.25, 0.3) is 0 Å². The smallest absolute Gasteiger partial charge is 0.118 e. The summed E-state index contributed by atoms with van der Waals surface area (Å²) in [4.78, 5) is 8.85. The summed E-state index contributed by atoms with van der Waals surface area (Å²) in [7, 11) is 0. The van der Waals surface area contributed by atoms with Crippen LogP contribution in [0.5, 0.6) is 5.75 Å². The SMILES string of the molecule is Cc1ccc(C(C)N=C2CCC2Nc2ccncc2)cc1O. The zero-order valence-electron chi connectivity index (χ0n) is 13.0. The molecule has 3 rings (SSSR count). The van der Waals surface area contributed by atoms with E-state index in [9.17, 15) is 5.11 Å². The van der Waals surface area contributed by atoms with E-state index in [1.54, 1.807) is 12.4 Å². The first-order valence-electron chi connectivity index (χ1n) is 7.66. The van der Waals surface area contributed by atoms with Gasteiger partial charge in [-0.05, 0) is 56.0 Å². The highest BCUT2D eigenvalue weighted by molar-refractivity contribution is 5.97. The van der Waals surface area contributed by atoms with E-state index in [1.807, 2.05) is 37.3 Å². The molecule has 1 fully saturated rings. The number of phenolic OH excluding ortho intramolecular Hbond substituents is 1. The van der Waals surface area contributed by atoms with Crippen LogP contribution in [0.15, 0.2) is 47.7 Å². The van der Waals surface area contributed by atoms with Gasteiger partial charge in [-0.2, -0.15) is 0 Å². The number of benzene rings is 1. The number of hydrogen-bond acceptors (Lipinski definition) is 4. The normalized spacial score (nSPS) is 20.5. The fourth-order valence-electron chi connectivity index (χ4n) is 2.59. The van der Waals surface area contributed by atoms with Gasteiger partial charge in [0.05, 0.1) is 12.1 Å². The van der Waals surface area contributed by atoms with Crippen molar-refractivity contribution in [1.29, 1.82) is 0 Å². The summed E-state index contributed by atoms with van der Waals surface area (Å²) in [5, 5.41) is 13.3. The quantitative estimate of drug-likeness (QED) is 0.900. The molecule has 0 aliphatic heterocycles. The van der Waals surface area contributed by atoms with Gasteiger partial charge >= 0.3 is 0 Å². The molecule has 1 aromatic carbocycles. The van der Waals surface area contributed by atoms with Crippen LogP contribution in [0.25, 0.3) is 0 Å². The summed E-state index contributed by atoms with van der Waals surface area (Å²) >= 11 is 0. The molecule has 4 nitrogen and oxygen atoms in total. The number of nitrogens with one attached hydrogen (secondary N) is 1. The summed E-state index contributed by atoms with van der Waals surface area (Å²) in [6.07, 6.45) is 5.71. The van der Waals surface area contributed by atoms with Crippen molar-refractivity contribution >= 4 is 11.4 Å². The van der Waals surface area contributed by atoms with Crippen LogP contribution in [-0.2, 0) is 0 Å². The highest BCUT2D eigenvalue weighted by Gasteiger charge is 2.26. The van der Waals surface area contributed by atoms with E-state index in [1.165, 1.54) is 5.71 Å². The molecule has 1 heterocycles. The molecule has 0 amide bonds. The Morgan fingerprint density at radius 3 is 2.68 bits per heavy atom. The third-order valence-corrected chi connectivity index (χ3v) is 4.19. The topological polar surface area (TPSA) is 57.5 Å². The van der Waals surface area contributed by atoms with Crippen LogP contribution in [0.2, 0.25) is 0 Å². The minimum atomic E-state index is 0.0588. The van der Waals surface area contributed by atoms with E-state index in [-0.39, 0.29) is 6.04 Å². The number of aromatic nitrogens is 1. The first-order chi connectivity index (χ1) is 10.6. The lowest BCUT2D eigenvalue weighted by Gasteiger charge is -2.31. The van der Waals surface area contributed by atoms with Gasteiger partial charge in [0, 0.05) is 23.8 Å². The van der Waals surface area contributed by atoms with Crippen molar-refractivity contribution in [3.05, 3.63) is 53.9 Å². The van der Waals surface area contributed by atoms with Crippen molar-refractivity contribution < 1.29 is 5.11 Å². The Morgan fingerprint density at radius 2 is 2.05 bits per heavy atom. The lowest BCUT2D eigenvalue weighted by molar-refractivity contribution is 0.469. The van der Waals surface area contributed by atoms with E-state index in [2.05, 4.69) is 17.2 Å². The van der Waals surface area contributed by atoms with Crippen molar-refractivity contribution in [1.82, 2.24) is 4.98 Å². The number of anilines is 1. The molecule has 22 heavy (non-hydrogen) atoms. The van der Waals surface area contributed by atoms with Gasteiger partial charge in [0.15, 0.2) is 0 Å². The van der Waals surface area contributed by atoms with Gasteiger partial charge in [0.1, 0.15) is 5.75 Å². The van der Waals surface area contributed by atoms with E-state index < -0.39 is 0 Å². The first kappa shape index (κ1) is 14.6. The Hall–Kier alpha value is -2.36. The Balaban J connectivity index is 1.70. The second-order valence-corrected chi connectivity index (χ2v) is 5.81. The van der Waals surface area contributed by atoms with Gasteiger partial charge in [-0.15, -0.1) is 0 Å². The largest absolute Gasteiger partial charge is 0.508 e. The third kappa shape index (κ3) is 3.11. The fraction of sp³-hybridized carbons (Fsp3) is 0.333. The molecule has 0 spiro atoms. The summed E-state index contributed by atoms with van der Waals surface area (Å²) in [6.45, 7) is 3.97. The predicted octanol–water partition coefficient (Wildman–Crippen LogP) is 3.87. The van der Waals surface area contributed by atoms with E-state index in [0.29, 0.717) is 11.8 Å². The molecule has 4 heteroatoms. The van der Waals surface area contributed by atoms with Crippen LogP contribution in [-0.4, -0.2) is 21.8 Å². The molecular weight excluding hydrogens is 274 g/mol. The zero-order chi connectivity index (χ0) is 15.5. The number of rotatable bonds is 4. The van der Waals surface area contributed by atoms with Crippen LogP contribution >= 0.6 is 0 Å². The van der Waals surface area contributed by atoms with Crippen LogP contribution in [0.4, 0.5) is 5.69 Å². The maximum Gasteiger partial charge on any atom is 0.118 e. The van der Waals surface area contributed by atoms with Crippen molar-refractivity contribution in [2.24, 2.45) is 4.99 Å². The van der Waals surface area contributed by atoms with Gasteiger partial charge in [-0.25, -0.2) is 0 Å². The summed E-state index contributed by atoms with van der Waals surface area (Å²) in [5.41, 5.74) is 4.21. The molecule has 114 valence electrons. The molecule has 0 bridgehead atoms. The van der Waals surface area contributed by atoms with E-state index in [4.69, 9.17) is 4.99 Å². The molecule has 2 unspecified atom stereocenters. The van der Waals surface area contributed by atoms with Gasteiger partial charge < -0.3 is 10.4 Å². The lowest BCUT2D eigenvalue weighted by Crippen LogP contribution is -2.39. The summed E-state index contributed by atoms with van der Waals surface area (Å²) in [6, 6.07) is 10.1. The molecule has 1 aliphatic carbocycles. The zero-order valence-corrected chi connectivity index (χ0v) is 13.0. The number of nitrogens with zero attached hydrogens (tertiary/aromatic N) is 2. The molecule has 0 radical (unpaired) electrons. The minimum absolute atomic E-state index is 0.0588. The molecule has 2 N–H and O–H groups in total. The fourth-order valence-corrected chi connectivity index (χ4v) is 2.59. The van der Waals surface area contributed by atoms with Crippen LogP contribution < -0.4 is 5.32 Å². The number of phenols is 1. The number of aryl methyl sites for hydroxylation is 1. The Morgan fingerprint density at radius 1 is 1.27 bits per heavy atom. The molecule has 2 atom stereocenters. The summed E-state index contributed by atoms with van der Waals surface area (Å²) in [5.74, 6) is 0.338. The van der Waals surface area contributed by atoms with E-state index >= 15 is 0 Å². The number of hydrogen-bond donors (Lipinski definition) is 2. The molecule has 2 aromatic rings. The number of aromatic hydroxyl groups is 1. The molecule has 0 saturated heterocycles.